The highest BCUT2D eigenvalue weighted by atomic mass is 79.9. The number of phenolic OH excluding ortho intramolecular Hbond substituents is 1. The molecular weight excluding hydrogens is 421 g/mol. The van der Waals surface area contributed by atoms with Crippen LogP contribution in [0.25, 0.3) is 0 Å². The second kappa shape index (κ2) is 10.4. The van der Waals surface area contributed by atoms with Crippen LogP contribution in [-0.2, 0) is 0 Å². The molecule has 1 heterocycles. The molecule has 0 spiro atoms. The number of phenols is 1. The van der Waals surface area contributed by atoms with Crippen LogP contribution in [-0.4, -0.2) is 41.1 Å². The maximum atomic E-state index is 11.2. The SMILES string of the molecule is CCC(C)[C@H](c1cc(Br)cc([N+](=O)[O-])c1O)N1CCNCC1.Cl.Cl. The van der Waals surface area contributed by atoms with Gasteiger partial charge in [0.05, 0.1) is 4.92 Å². The summed E-state index contributed by atoms with van der Waals surface area (Å²) < 4.78 is 0.621. The molecule has 0 aromatic heterocycles. The van der Waals surface area contributed by atoms with Crippen molar-refractivity contribution in [3.05, 3.63) is 32.3 Å². The number of nitro benzene ring substituents is 1. The average Bonchev–Trinajstić information content (AvgIpc) is 2.51. The Kier molecular flexibility index (Phi) is 10.1. The Bertz CT molecular complexity index is 557. The largest absolute Gasteiger partial charge is 0.502 e. The molecule has 1 aromatic rings. The van der Waals surface area contributed by atoms with Gasteiger partial charge >= 0.3 is 5.69 Å². The molecule has 6 nitrogen and oxygen atoms in total. The fraction of sp³-hybridized carbons (Fsp3) is 0.600. The molecule has 1 aliphatic heterocycles. The van der Waals surface area contributed by atoms with Gasteiger partial charge in [-0.3, -0.25) is 15.0 Å². The third-order valence-electron chi connectivity index (χ3n) is 4.33. The predicted molar refractivity (Wildman–Crippen MR) is 104 cm³/mol. The topological polar surface area (TPSA) is 78.6 Å². The highest BCUT2D eigenvalue weighted by molar-refractivity contribution is 9.10. The Hall–Kier alpha value is -0.600. The number of piperazine rings is 1. The summed E-state index contributed by atoms with van der Waals surface area (Å²) in [4.78, 5) is 12.9. The molecule has 2 N–H and O–H groups in total. The molecule has 0 amide bonds. The van der Waals surface area contributed by atoms with E-state index in [1.807, 2.05) is 0 Å². The predicted octanol–water partition coefficient (Wildman–Crippen LogP) is 3.90. The summed E-state index contributed by atoms with van der Waals surface area (Å²) in [7, 11) is 0. The zero-order valence-corrected chi connectivity index (χ0v) is 16.9. The van der Waals surface area contributed by atoms with Crippen LogP contribution in [0, 0.1) is 16.0 Å². The van der Waals surface area contributed by atoms with Crippen molar-refractivity contribution in [2.75, 3.05) is 26.2 Å². The summed E-state index contributed by atoms with van der Waals surface area (Å²) in [6, 6.07) is 3.13. The number of hydrogen-bond acceptors (Lipinski definition) is 5. The first-order chi connectivity index (χ1) is 10.5. The van der Waals surface area contributed by atoms with Crippen LogP contribution in [0.3, 0.4) is 0 Å². The van der Waals surface area contributed by atoms with Crippen LogP contribution in [0.4, 0.5) is 5.69 Å². The van der Waals surface area contributed by atoms with Crippen LogP contribution in [0.5, 0.6) is 5.75 Å². The molecule has 0 aliphatic carbocycles. The van der Waals surface area contributed by atoms with Crippen molar-refractivity contribution in [2.24, 2.45) is 5.92 Å². The fourth-order valence-electron chi connectivity index (χ4n) is 3.02. The normalized spacial score (nSPS) is 17.3. The number of benzene rings is 1. The molecule has 24 heavy (non-hydrogen) atoms. The van der Waals surface area contributed by atoms with E-state index in [1.165, 1.54) is 6.07 Å². The maximum Gasteiger partial charge on any atom is 0.312 e. The average molecular weight is 445 g/mol. The minimum absolute atomic E-state index is 0. The van der Waals surface area contributed by atoms with Crippen molar-refractivity contribution < 1.29 is 10.0 Å². The second-order valence-corrected chi connectivity index (χ2v) is 6.65. The molecule has 2 atom stereocenters. The van der Waals surface area contributed by atoms with Gasteiger partial charge in [-0.2, -0.15) is 0 Å². The molecule has 0 radical (unpaired) electrons. The van der Waals surface area contributed by atoms with Gasteiger partial charge in [0.25, 0.3) is 0 Å². The maximum absolute atomic E-state index is 11.2. The minimum Gasteiger partial charge on any atom is -0.502 e. The van der Waals surface area contributed by atoms with Crippen LogP contribution in [0.2, 0.25) is 0 Å². The van der Waals surface area contributed by atoms with Gasteiger partial charge in [0, 0.05) is 48.3 Å². The monoisotopic (exact) mass is 443 g/mol. The Morgan fingerprint density at radius 1 is 1.38 bits per heavy atom. The molecule has 1 unspecified atom stereocenters. The van der Waals surface area contributed by atoms with Crippen molar-refractivity contribution in [2.45, 2.75) is 26.3 Å². The zero-order valence-electron chi connectivity index (χ0n) is 13.7. The zero-order chi connectivity index (χ0) is 16.3. The molecule has 0 bridgehead atoms. The number of halogens is 3. The number of nitrogens with zero attached hydrogens (tertiary/aromatic N) is 2. The molecule has 1 aromatic carbocycles. The van der Waals surface area contributed by atoms with Gasteiger partial charge in [-0.1, -0.05) is 36.2 Å². The molecule has 1 aliphatic rings. The van der Waals surface area contributed by atoms with E-state index >= 15 is 0 Å². The molecule has 1 fully saturated rings. The van der Waals surface area contributed by atoms with Crippen LogP contribution < -0.4 is 5.32 Å². The molecule has 0 saturated carbocycles. The fourth-order valence-corrected chi connectivity index (χ4v) is 3.48. The van der Waals surface area contributed by atoms with Crippen LogP contribution in [0.1, 0.15) is 31.9 Å². The van der Waals surface area contributed by atoms with Crippen molar-refractivity contribution in [1.82, 2.24) is 10.2 Å². The summed E-state index contributed by atoms with van der Waals surface area (Å²) in [6.07, 6.45) is 0.939. The Morgan fingerprint density at radius 3 is 2.46 bits per heavy atom. The third kappa shape index (κ3) is 5.20. The quantitative estimate of drug-likeness (QED) is 0.531. The van der Waals surface area contributed by atoms with E-state index in [2.05, 4.69) is 40.0 Å². The first-order valence-corrected chi connectivity index (χ1v) is 8.36. The second-order valence-electron chi connectivity index (χ2n) is 5.74. The molecule has 138 valence electrons. The Labute approximate surface area is 163 Å². The number of nitrogens with one attached hydrogen (secondary N) is 1. The minimum atomic E-state index is -0.533. The van der Waals surface area contributed by atoms with E-state index in [9.17, 15) is 15.2 Å². The molecule has 1 saturated heterocycles. The van der Waals surface area contributed by atoms with Crippen LogP contribution >= 0.6 is 40.7 Å². The van der Waals surface area contributed by atoms with E-state index in [0.29, 0.717) is 10.0 Å². The van der Waals surface area contributed by atoms with Gasteiger partial charge in [0.1, 0.15) is 0 Å². The summed E-state index contributed by atoms with van der Waals surface area (Å²) in [6.45, 7) is 7.75. The van der Waals surface area contributed by atoms with Gasteiger partial charge in [-0.05, 0) is 12.0 Å². The number of hydrogen-bond donors (Lipinski definition) is 2. The van der Waals surface area contributed by atoms with Gasteiger partial charge in [0.2, 0.25) is 0 Å². The Balaban J connectivity index is 0.00000264. The Morgan fingerprint density at radius 2 is 1.96 bits per heavy atom. The van der Waals surface area contributed by atoms with E-state index in [4.69, 9.17) is 0 Å². The number of aromatic hydroxyl groups is 1. The van der Waals surface area contributed by atoms with E-state index in [-0.39, 0.29) is 48.2 Å². The lowest BCUT2D eigenvalue weighted by atomic mass is 9.89. The standard InChI is InChI=1S/C15H22BrN3O3.2ClH/c1-3-10(2)14(18-6-4-17-5-7-18)12-8-11(16)9-13(15(12)20)19(21)22;;/h8-10,14,17,20H,3-7H2,1-2H3;2*1H/t10?,14-;;/m1../s1. The highest BCUT2D eigenvalue weighted by Gasteiger charge is 2.31. The smallest absolute Gasteiger partial charge is 0.312 e. The lowest BCUT2D eigenvalue weighted by Crippen LogP contribution is -2.46. The van der Waals surface area contributed by atoms with Gasteiger partial charge < -0.3 is 10.4 Å². The van der Waals surface area contributed by atoms with E-state index < -0.39 is 4.92 Å². The lowest BCUT2D eigenvalue weighted by molar-refractivity contribution is -0.386. The van der Waals surface area contributed by atoms with E-state index in [0.717, 1.165) is 32.6 Å². The van der Waals surface area contributed by atoms with Crippen molar-refractivity contribution in [3.63, 3.8) is 0 Å². The summed E-state index contributed by atoms with van der Waals surface area (Å²) >= 11 is 3.33. The third-order valence-corrected chi connectivity index (χ3v) is 4.79. The highest BCUT2D eigenvalue weighted by Crippen LogP contribution is 2.42. The summed E-state index contributed by atoms with van der Waals surface area (Å²) in [5.41, 5.74) is 0.394. The molecule has 9 heteroatoms. The number of rotatable bonds is 5. The summed E-state index contributed by atoms with van der Waals surface area (Å²) in [5.74, 6) is 0.0786. The molecule has 2 rings (SSSR count). The van der Waals surface area contributed by atoms with Crippen molar-refractivity contribution >= 4 is 46.4 Å². The van der Waals surface area contributed by atoms with Gasteiger partial charge in [0.15, 0.2) is 5.75 Å². The van der Waals surface area contributed by atoms with E-state index in [1.54, 1.807) is 6.07 Å². The summed E-state index contributed by atoms with van der Waals surface area (Å²) in [5, 5.41) is 24.9. The van der Waals surface area contributed by atoms with Crippen molar-refractivity contribution in [1.29, 1.82) is 0 Å². The van der Waals surface area contributed by atoms with Crippen molar-refractivity contribution in [3.8, 4) is 5.75 Å². The first kappa shape index (κ1) is 23.4. The molecular formula is C15H24BrCl2N3O3. The van der Waals surface area contributed by atoms with Gasteiger partial charge in [-0.15, -0.1) is 24.8 Å². The van der Waals surface area contributed by atoms with Crippen LogP contribution in [0.15, 0.2) is 16.6 Å². The lowest BCUT2D eigenvalue weighted by Gasteiger charge is -2.38. The number of nitro groups is 1. The van der Waals surface area contributed by atoms with Gasteiger partial charge in [-0.25, -0.2) is 0 Å². The first-order valence-electron chi connectivity index (χ1n) is 7.57.